The van der Waals surface area contributed by atoms with Gasteiger partial charge in [0, 0.05) is 93.5 Å². The molecule has 0 aliphatic carbocycles. The van der Waals surface area contributed by atoms with Gasteiger partial charge in [0.25, 0.3) is 0 Å². The number of nitrogens with zero attached hydrogens (tertiary/aromatic N) is 2. The van der Waals surface area contributed by atoms with Gasteiger partial charge in [-0.2, -0.15) is 0 Å². The third-order valence-electron chi connectivity index (χ3n) is 14.7. The first kappa shape index (κ1) is 61.1. The van der Waals surface area contributed by atoms with E-state index in [1.54, 1.807) is 14.1 Å². The zero-order valence-corrected chi connectivity index (χ0v) is 47.7. The van der Waals surface area contributed by atoms with Gasteiger partial charge in [0.15, 0.2) is 0 Å². The molecule has 0 aliphatic rings. The molecule has 432 valence electrons. The van der Waals surface area contributed by atoms with Crippen molar-refractivity contribution in [2.24, 2.45) is 11.5 Å². The fraction of sp³-hybridized carbons (Fsp3) is 0.354. The van der Waals surface area contributed by atoms with E-state index in [0.717, 1.165) is 78.4 Å². The molecular weight excluding hydrogens is 1030 g/mol. The van der Waals surface area contributed by atoms with E-state index in [4.69, 9.17) is 16.2 Å². The number of ether oxygens (including phenoxy) is 1. The van der Waals surface area contributed by atoms with Crippen molar-refractivity contribution < 1.29 is 33.5 Å². The number of carbonyl (C=O) groups is 6. The van der Waals surface area contributed by atoms with Gasteiger partial charge in [-0.1, -0.05) is 142 Å². The van der Waals surface area contributed by atoms with Gasteiger partial charge >= 0.3 is 6.09 Å². The van der Waals surface area contributed by atoms with Crippen LogP contribution in [0.4, 0.5) is 4.79 Å². The minimum atomic E-state index is -0.908. The molecular formula is C65H80N10O7. The molecule has 0 spiro atoms. The molecule has 0 radical (unpaired) electrons. The van der Waals surface area contributed by atoms with Crippen LogP contribution in [0.5, 0.6) is 0 Å². The highest BCUT2D eigenvalue weighted by atomic mass is 16.6. The number of hydrogen-bond acceptors (Lipinski definition) is 9. The molecule has 6 aromatic carbocycles. The van der Waals surface area contributed by atoms with Gasteiger partial charge in [-0.15, -0.1) is 0 Å². The monoisotopic (exact) mass is 1110 g/mol. The smallest absolute Gasteiger partial charge is 0.410 e. The summed E-state index contributed by atoms with van der Waals surface area (Å²) in [7, 11) is 3.20. The Labute approximate surface area is 480 Å². The number of amides is 6. The number of likely N-dealkylation sites (N-methyl/N-ethyl adjacent to an activating group) is 2. The first-order valence-corrected chi connectivity index (χ1v) is 28.6. The third kappa shape index (κ3) is 16.8. The minimum Gasteiger partial charge on any atom is -0.449 e. The number of unbranched alkanes of at least 4 members (excludes halogenated alkanes) is 1. The highest BCUT2D eigenvalue weighted by Crippen LogP contribution is 2.24. The molecule has 8 rings (SSSR count). The molecule has 2 aromatic heterocycles. The predicted molar refractivity (Wildman–Crippen MR) is 326 cm³/mol. The number of aromatic nitrogens is 2. The maximum absolute atomic E-state index is 14.1. The third-order valence-corrected chi connectivity index (χ3v) is 14.7. The summed E-state index contributed by atoms with van der Waals surface area (Å²) in [6, 6.07) is 40.4. The van der Waals surface area contributed by atoms with Crippen molar-refractivity contribution in [3.63, 3.8) is 0 Å². The van der Waals surface area contributed by atoms with Crippen LogP contribution in [0.25, 0.3) is 43.4 Å². The van der Waals surface area contributed by atoms with Crippen molar-refractivity contribution in [1.29, 1.82) is 0 Å². The van der Waals surface area contributed by atoms with E-state index < -0.39 is 36.2 Å². The summed E-state index contributed by atoms with van der Waals surface area (Å²) in [5, 5.41) is 18.1. The number of rotatable bonds is 27. The Bertz CT molecular complexity index is 3410. The van der Waals surface area contributed by atoms with E-state index in [1.807, 2.05) is 154 Å². The predicted octanol–water partition coefficient (Wildman–Crippen LogP) is 7.98. The van der Waals surface area contributed by atoms with Crippen LogP contribution in [0.1, 0.15) is 74.6 Å². The van der Waals surface area contributed by atoms with Crippen LogP contribution < -0.4 is 32.7 Å². The van der Waals surface area contributed by atoms with Gasteiger partial charge in [-0.05, 0) is 94.7 Å². The second-order valence-corrected chi connectivity index (χ2v) is 20.8. The molecule has 82 heavy (non-hydrogen) atoms. The average molecular weight is 1110 g/mol. The number of benzene rings is 6. The van der Waals surface area contributed by atoms with Gasteiger partial charge in [0.2, 0.25) is 29.5 Å². The molecule has 2 heterocycles. The molecule has 4 unspecified atom stereocenters. The molecule has 0 bridgehead atoms. The number of carbonyl (C=O) groups excluding carboxylic acids is 6. The number of hydrogen-bond donors (Lipinski definition) is 8. The average Bonchev–Trinajstić information content (AvgIpc) is 4.17. The molecule has 8 aromatic rings. The van der Waals surface area contributed by atoms with Gasteiger partial charge in [0.05, 0.1) is 6.61 Å². The summed E-state index contributed by atoms with van der Waals surface area (Å²) in [5.74, 6) is -1.46. The molecule has 17 heteroatoms. The fourth-order valence-corrected chi connectivity index (χ4v) is 10.00. The van der Waals surface area contributed by atoms with E-state index >= 15 is 0 Å². The Balaban J connectivity index is 0.000000236. The summed E-state index contributed by atoms with van der Waals surface area (Å²) in [6.07, 6.45) is 8.21. The standard InChI is InChI=1S/C33H41N5O3.C32H39N5O4/c1-3-4-14-31(39)37-29(21-26-22-36-28-13-8-7-12-27(26)28)33(41)38(2)30(32(40)35-18-9-17-34)20-23-15-16-24-10-5-6-11-25(24)19-23;1-3-17-41-32(40)37(2)29(20-25-21-35-27-12-7-6-11-26(25)27)31(39)36-28(30(38)34-16-8-15-33)19-22-13-14-23-9-4-5-10-24(23)18-22/h5-8,10-13,15-16,19,22,29-30,36H,3-4,9,14,17-18,20-21,34H2,1-2H3,(H,35,40)(H,37,39);4-7,9-14,18,21,28-29,35H,3,8,15-17,19-20,33H2,1-2H3,(H,34,38)(H,36,39). The van der Waals surface area contributed by atoms with Crippen LogP contribution >= 0.6 is 0 Å². The molecule has 0 saturated carbocycles. The Kier molecular flexibility index (Phi) is 23.0. The topological polar surface area (TPSA) is 250 Å². The number of fused-ring (bicyclic) bond motifs is 4. The molecule has 10 N–H and O–H groups in total. The molecule has 6 amide bonds. The number of aromatic amines is 2. The highest BCUT2D eigenvalue weighted by molar-refractivity contribution is 5.95. The summed E-state index contributed by atoms with van der Waals surface area (Å²) in [5.41, 5.74) is 16.8. The van der Waals surface area contributed by atoms with E-state index in [0.29, 0.717) is 64.7 Å². The minimum absolute atomic E-state index is 0.170. The van der Waals surface area contributed by atoms with Crippen molar-refractivity contribution in [2.45, 2.75) is 102 Å². The van der Waals surface area contributed by atoms with Crippen LogP contribution in [0.3, 0.4) is 0 Å². The van der Waals surface area contributed by atoms with Crippen molar-refractivity contribution in [1.82, 2.24) is 41.0 Å². The van der Waals surface area contributed by atoms with E-state index in [1.165, 1.54) is 9.80 Å². The second kappa shape index (κ2) is 30.9. The Morgan fingerprint density at radius 3 is 1.60 bits per heavy atom. The van der Waals surface area contributed by atoms with Gasteiger partial charge < -0.3 is 52.3 Å². The van der Waals surface area contributed by atoms with E-state index in [9.17, 15) is 28.8 Å². The zero-order valence-electron chi connectivity index (χ0n) is 47.7. The molecule has 17 nitrogen and oxygen atoms in total. The van der Waals surface area contributed by atoms with Crippen LogP contribution in [0.15, 0.2) is 146 Å². The van der Waals surface area contributed by atoms with Crippen LogP contribution in [-0.2, 0) is 54.4 Å². The van der Waals surface area contributed by atoms with E-state index in [-0.39, 0.29) is 43.1 Å². The van der Waals surface area contributed by atoms with Crippen LogP contribution in [0.2, 0.25) is 0 Å². The number of para-hydroxylation sites is 2. The largest absolute Gasteiger partial charge is 0.449 e. The van der Waals surface area contributed by atoms with Crippen molar-refractivity contribution >= 4 is 79.0 Å². The van der Waals surface area contributed by atoms with Gasteiger partial charge in [0.1, 0.15) is 24.2 Å². The quantitative estimate of drug-likeness (QED) is 0.0232. The van der Waals surface area contributed by atoms with Crippen LogP contribution in [0, 0.1) is 0 Å². The van der Waals surface area contributed by atoms with Gasteiger partial charge in [-0.3, -0.25) is 28.9 Å². The highest BCUT2D eigenvalue weighted by Gasteiger charge is 2.34. The molecule has 0 aliphatic heterocycles. The maximum Gasteiger partial charge on any atom is 0.410 e. The van der Waals surface area contributed by atoms with Gasteiger partial charge in [-0.25, -0.2) is 4.79 Å². The second-order valence-electron chi connectivity index (χ2n) is 20.8. The Morgan fingerprint density at radius 2 is 1.04 bits per heavy atom. The first-order valence-electron chi connectivity index (χ1n) is 28.6. The first-order chi connectivity index (χ1) is 39.8. The van der Waals surface area contributed by atoms with E-state index in [2.05, 4.69) is 37.3 Å². The lowest BCUT2D eigenvalue weighted by Gasteiger charge is -2.31. The molecule has 0 saturated heterocycles. The lowest BCUT2D eigenvalue weighted by Crippen LogP contribution is -2.55. The fourth-order valence-electron chi connectivity index (χ4n) is 10.00. The zero-order chi connectivity index (χ0) is 58.4. The SMILES string of the molecule is CCCCC(=O)NC(Cc1c[nH]c2ccccc12)C(=O)N(C)C(Cc1ccc2ccccc2c1)C(=O)NCCCN.CCCOC(=O)N(C)C(Cc1c[nH]c2ccccc12)C(=O)NC(Cc1ccc2ccccc2c1)C(=O)NCCCN. The summed E-state index contributed by atoms with van der Waals surface area (Å²) in [4.78, 5) is 89.8. The summed E-state index contributed by atoms with van der Waals surface area (Å²) >= 11 is 0. The van der Waals surface area contributed by atoms with Crippen molar-refractivity contribution in [2.75, 3.05) is 46.9 Å². The van der Waals surface area contributed by atoms with Crippen molar-refractivity contribution in [3.8, 4) is 0 Å². The summed E-state index contributed by atoms with van der Waals surface area (Å²) < 4.78 is 5.35. The normalized spacial score (nSPS) is 12.6. The Hall–Kier alpha value is -8.54. The number of nitrogens with two attached hydrogens (primary N) is 2. The lowest BCUT2D eigenvalue weighted by atomic mass is 9.98. The maximum atomic E-state index is 14.1. The molecule has 0 fully saturated rings. The van der Waals surface area contributed by atoms with Crippen LogP contribution in [-0.4, -0.2) is 126 Å². The molecule has 4 atom stereocenters. The summed E-state index contributed by atoms with van der Waals surface area (Å²) in [6.45, 7) is 5.92. The lowest BCUT2D eigenvalue weighted by molar-refractivity contribution is -0.141. The Morgan fingerprint density at radius 1 is 0.524 bits per heavy atom. The number of nitrogens with one attached hydrogen (secondary N) is 6. The van der Waals surface area contributed by atoms with Crippen molar-refractivity contribution in [3.05, 3.63) is 168 Å². The number of H-pyrrole nitrogens is 2.